The summed E-state index contributed by atoms with van der Waals surface area (Å²) in [4.78, 5) is 0. The molecule has 0 aliphatic carbocycles. The van der Waals surface area contributed by atoms with Crippen LogP contribution in [0.25, 0.3) is 0 Å². The smallest absolute Gasteiger partial charge is 0.148 e. The minimum absolute atomic E-state index is 0.284. The summed E-state index contributed by atoms with van der Waals surface area (Å²) in [5, 5.41) is 3.43. The fourth-order valence-electron chi connectivity index (χ4n) is 1.99. The largest absolute Gasteiger partial charge is 0.481 e. The number of nitrogens with one attached hydrogen (secondary N) is 1. The van der Waals surface area contributed by atoms with Crippen LogP contribution in [0.3, 0.4) is 0 Å². The van der Waals surface area contributed by atoms with Gasteiger partial charge in [0.15, 0.2) is 0 Å². The molecule has 0 unspecified atom stereocenters. The van der Waals surface area contributed by atoms with Gasteiger partial charge in [0.1, 0.15) is 12.4 Å². The molecule has 0 amide bonds. The van der Waals surface area contributed by atoms with E-state index < -0.39 is 0 Å². The van der Waals surface area contributed by atoms with Gasteiger partial charge in [0, 0.05) is 23.1 Å². The van der Waals surface area contributed by atoms with Crippen LogP contribution in [0.1, 0.15) is 16.7 Å². The lowest BCUT2D eigenvalue weighted by Gasteiger charge is -2.11. The molecule has 0 aliphatic heterocycles. The number of ether oxygens (including phenoxy) is 1. The van der Waals surface area contributed by atoms with Crippen molar-refractivity contribution in [2.75, 3.05) is 6.61 Å². The maximum Gasteiger partial charge on any atom is 0.148 e. The van der Waals surface area contributed by atoms with Crippen molar-refractivity contribution in [3.05, 3.63) is 63.6 Å². The number of hydrogen-bond donors (Lipinski definition) is 1. The predicted octanol–water partition coefficient (Wildman–Crippen LogP) is 4.06. The third kappa shape index (κ3) is 4.93. The lowest BCUT2D eigenvalue weighted by molar-refractivity contribution is 0.364. The molecule has 0 bridgehead atoms. The summed E-state index contributed by atoms with van der Waals surface area (Å²) in [5.74, 6) is 3.32. The number of benzene rings is 2. The Bertz CT molecular complexity index is 629. The Kier molecular flexibility index (Phi) is 5.86. The van der Waals surface area contributed by atoms with Crippen LogP contribution >= 0.6 is 15.9 Å². The molecule has 0 atom stereocenters. The monoisotopic (exact) mass is 343 g/mol. The molecule has 2 nitrogen and oxygen atoms in total. The number of hydrogen-bond acceptors (Lipinski definition) is 2. The summed E-state index contributed by atoms with van der Waals surface area (Å²) < 4.78 is 6.59. The van der Waals surface area contributed by atoms with Crippen LogP contribution < -0.4 is 10.1 Å². The summed E-state index contributed by atoms with van der Waals surface area (Å²) >= 11 is 3.49. The van der Waals surface area contributed by atoms with E-state index in [2.05, 4.69) is 58.4 Å². The van der Waals surface area contributed by atoms with Gasteiger partial charge in [-0.1, -0.05) is 51.7 Å². The third-order valence-electron chi connectivity index (χ3n) is 3.10. The SMILES string of the molecule is C#CCOc1ccc(Br)cc1CNCc1ccc(C)cc1. The number of terminal acetylenes is 1. The van der Waals surface area contributed by atoms with E-state index in [4.69, 9.17) is 11.2 Å². The van der Waals surface area contributed by atoms with E-state index in [-0.39, 0.29) is 6.61 Å². The predicted molar refractivity (Wildman–Crippen MR) is 90.2 cm³/mol. The van der Waals surface area contributed by atoms with Crippen molar-refractivity contribution in [1.29, 1.82) is 0 Å². The van der Waals surface area contributed by atoms with Crippen molar-refractivity contribution in [3.8, 4) is 18.1 Å². The van der Waals surface area contributed by atoms with Gasteiger partial charge in [-0.2, -0.15) is 0 Å². The average molecular weight is 344 g/mol. The maximum absolute atomic E-state index is 5.56. The second-order valence-electron chi connectivity index (χ2n) is 4.83. The highest BCUT2D eigenvalue weighted by molar-refractivity contribution is 9.10. The Labute approximate surface area is 134 Å². The topological polar surface area (TPSA) is 21.3 Å². The Balaban J connectivity index is 1.97. The molecule has 21 heavy (non-hydrogen) atoms. The van der Waals surface area contributed by atoms with Gasteiger partial charge in [-0.15, -0.1) is 6.42 Å². The van der Waals surface area contributed by atoms with Crippen molar-refractivity contribution in [1.82, 2.24) is 5.32 Å². The average Bonchev–Trinajstić information content (AvgIpc) is 2.48. The maximum atomic E-state index is 5.56. The van der Waals surface area contributed by atoms with Gasteiger partial charge in [0.25, 0.3) is 0 Å². The van der Waals surface area contributed by atoms with E-state index in [1.54, 1.807) is 0 Å². The first-order valence-corrected chi connectivity index (χ1v) is 7.59. The summed E-state index contributed by atoms with van der Waals surface area (Å²) in [6, 6.07) is 14.5. The highest BCUT2D eigenvalue weighted by Crippen LogP contribution is 2.23. The van der Waals surface area contributed by atoms with Crippen LogP contribution in [0.2, 0.25) is 0 Å². The molecule has 0 spiro atoms. The highest BCUT2D eigenvalue weighted by atomic mass is 79.9. The van der Waals surface area contributed by atoms with E-state index >= 15 is 0 Å². The molecule has 0 saturated heterocycles. The zero-order valence-corrected chi connectivity index (χ0v) is 13.6. The first-order chi connectivity index (χ1) is 10.2. The van der Waals surface area contributed by atoms with E-state index in [0.717, 1.165) is 28.9 Å². The van der Waals surface area contributed by atoms with E-state index in [1.807, 2.05) is 18.2 Å². The molecular formula is C18H18BrNO. The number of aryl methyl sites for hydroxylation is 1. The zero-order chi connectivity index (χ0) is 15.1. The van der Waals surface area contributed by atoms with Gasteiger partial charge in [-0.05, 0) is 30.7 Å². The summed E-state index contributed by atoms with van der Waals surface area (Å²) in [6.45, 7) is 3.93. The second kappa shape index (κ2) is 7.87. The second-order valence-corrected chi connectivity index (χ2v) is 5.75. The van der Waals surface area contributed by atoms with Crippen LogP contribution in [0, 0.1) is 19.3 Å². The number of rotatable bonds is 6. The van der Waals surface area contributed by atoms with E-state index in [1.165, 1.54) is 11.1 Å². The molecule has 2 aromatic rings. The molecule has 2 aromatic carbocycles. The van der Waals surface area contributed by atoms with Crippen molar-refractivity contribution in [2.45, 2.75) is 20.0 Å². The number of halogens is 1. The zero-order valence-electron chi connectivity index (χ0n) is 12.0. The molecule has 0 saturated carbocycles. The standard InChI is InChI=1S/C18H18BrNO/c1-3-10-21-18-9-8-17(19)11-16(18)13-20-12-15-6-4-14(2)5-7-15/h1,4-9,11,20H,10,12-13H2,2H3. The van der Waals surface area contributed by atoms with Crippen molar-refractivity contribution in [3.63, 3.8) is 0 Å². The van der Waals surface area contributed by atoms with Crippen LogP contribution in [0.5, 0.6) is 5.75 Å². The molecule has 0 fully saturated rings. The minimum Gasteiger partial charge on any atom is -0.481 e. The molecule has 3 heteroatoms. The Morgan fingerprint density at radius 1 is 1.14 bits per heavy atom. The van der Waals surface area contributed by atoms with Crippen LogP contribution in [-0.2, 0) is 13.1 Å². The third-order valence-corrected chi connectivity index (χ3v) is 3.59. The molecule has 0 aromatic heterocycles. The first-order valence-electron chi connectivity index (χ1n) is 6.80. The fraction of sp³-hybridized carbons (Fsp3) is 0.222. The van der Waals surface area contributed by atoms with Crippen molar-refractivity contribution in [2.24, 2.45) is 0 Å². The highest BCUT2D eigenvalue weighted by Gasteiger charge is 2.04. The molecule has 108 valence electrons. The summed E-state index contributed by atoms with van der Waals surface area (Å²) in [5.41, 5.74) is 3.63. The molecular weight excluding hydrogens is 326 g/mol. The summed E-state index contributed by atoms with van der Waals surface area (Å²) in [7, 11) is 0. The Morgan fingerprint density at radius 2 is 1.90 bits per heavy atom. The normalized spacial score (nSPS) is 10.1. The van der Waals surface area contributed by atoms with E-state index in [0.29, 0.717) is 0 Å². The quantitative estimate of drug-likeness (QED) is 0.798. The molecule has 0 radical (unpaired) electrons. The van der Waals surface area contributed by atoms with Crippen LogP contribution in [0.4, 0.5) is 0 Å². The van der Waals surface area contributed by atoms with Gasteiger partial charge in [-0.25, -0.2) is 0 Å². The Morgan fingerprint density at radius 3 is 2.62 bits per heavy atom. The van der Waals surface area contributed by atoms with Crippen LogP contribution in [-0.4, -0.2) is 6.61 Å². The van der Waals surface area contributed by atoms with Gasteiger partial charge in [-0.3, -0.25) is 0 Å². The lowest BCUT2D eigenvalue weighted by Crippen LogP contribution is -2.13. The molecule has 0 heterocycles. The molecule has 2 rings (SSSR count). The molecule has 1 N–H and O–H groups in total. The fourth-order valence-corrected chi connectivity index (χ4v) is 2.40. The van der Waals surface area contributed by atoms with Gasteiger partial charge in [0.2, 0.25) is 0 Å². The van der Waals surface area contributed by atoms with Crippen molar-refractivity contribution < 1.29 is 4.74 Å². The van der Waals surface area contributed by atoms with Crippen LogP contribution in [0.15, 0.2) is 46.9 Å². The van der Waals surface area contributed by atoms with Gasteiger partial charge in [0.05, 0.1) is 0 Å². The van der Waals surface area contributed by atoms with Crippen molar-refractivity contribution >= 4 is 15.9 Å². The Hall–Kier alpha value is -1.76. The van der Waals surface area contributed by atoms with Gasteiger partial charge < -0.3 is 10.1 Å². The molecule has 0 aliphatic rings. The van der Waals surface area contributed by atoms with E-state index in [9.17, 15) is 0 Å². The van der Waals surface area contributed by atoms with Gasteiger partial charge >= 0.3 is 0 Å². The lowest BCUT2D eigenvalue weighted by atomic mass is 10.1. The minimum atomic E-state index is 0.284. The first kappa shape index (κ1) is 15.6. The summed E-state index contributed by atoms with van der Waals surface area (Å²) in [6.07, 6.45) is 5.24.